The number of hydrogen-bond acceptors (Lipinski definition) is 5. The summed E-state index contributed by atoms with van der Waals surface area (Å²) in [5.41, 5.74) is -0.390. The van der Waals surface area contributed by atoms with Gasteiger partial charge in [-0.15, -0.1) is 0 Å². The van der Waals surface area contributed by atoms with Crippen molar-refractivity contribution in [1.82, 2.24) is 0 Å². The molecule has 0 spiro atoms. The van der Waals surface area contributed by atoms with Crippen LogP contribution in [0.5, 0.6) is 11.5 Å². The summed E-state index contributed by atoms with van der Waals surface area (Å²) in [5, 5.41) is 13.0. The molecular weight excluding hydrogens is 336 g/mol. The highest BCUT2D eigenvalue weighted by Crippen LogP contribution is 2.39. The third kappa shape index (κ3) is 4.07. The van der Waals surface area contributed by atoms with E-state index in [1.165, 1.54) is 0 Å². The van der Waals surface area contributed by atoms with Gasteiger partial charge >= 0.3 is 17.1 Å². The van der Waals surface area contributed by atoms with E-state index >= 15 is 0 Å². The number of ether oxygens (including phenoxy) is 1. The van der Waals surface area contributed by atoms with E-state index in [0.717, 1.165) is 18.2 Å². The molecular formula is C11H10F4O6S. The lowest BCUT2D eigenvalue weighted by Gasteiger charge is -2.23. The van der Waals surface area contributed by atoms with Crippen molar-refractivity contribution in [2.45, 2.75) is 17.6 Å². The number of phenols is 2. The Bertz CT molecular complexity index is 572. The van der Waals surface area contributed by atoms with Crippen molar-refractivity contribution < 1.29 is 46.1 Å². The average molecular weight is 346 g/mol. The maximum Gasteiger partial charge on any atom is 0.406 e. The summed E-state index contributed by atoms with van der Waals surface area (Å²) >= 11 is -4.09. The minimum Gasteiger partial charge on any atom is -0.508 e. The summed E-state index contributed by atoms with van der Waals surface area (Å²) in [7, 11) is 0. The Morgan fingerprint density at radius 3 is 2.09 bits per heavy atom. The Hall–Kier alpha value is -1.88. The van der Waals surface area contributed by atoms with Crippen LogP contribution in [0.4, 0.5) is 17.6 Å². The van der Waals surface area contributed by atoms with Crippen LogP contribution in [-0.2, 0) is 15.8 Å². The summed E-state index contributed by atoms with van der Waals surface area (Å²) in [5.74, 6) is -7.12. The van der Waals surface area contributed by atoms with Crippen molar-refractivity contribution in [2.24, 2.45) is 0 Å². The Kier molecular flexibility index (Phi) is 5.35. The van der Waals surface area contributed by atoms with Crippen LogP contribution in [0.1, 0.15) is 16.8 Å². The number of benzene rings is 1. The lowest BCUT2D eigenvalue weighted by Crippen LogP contribution is -2.44. The van der Waals surface area contributed by atoms with Gasteiger partial charge in [0.15, 0.2) is 0 Å². The molecule has 1 atom stereocenters. The molecule has 1 unspecified atom stereocenters. The molecule has 0 aliphatic carbocycles. The maximum atomic E-state index is 13.1. The van der Waals surface area contributed by atoms with Crippen LogP contribution in [0.25, 0.3) is 0 Å². The molecule has 6 nitrogen and oxygen atoms in total. The van der Waals surface area contributed by atoms with Gasteiger partial charge in [-0.25, -0.2) is 9.00 Å². The van der Waals surface area contributed by atoms with E-state index in [9.17, 15) is 26.6 Å². The van der Waals surface area contributed by atoms with Crippen molar-refractivity contribution in [2.75, 3.05) is 6.61 Å². The molecule has 1 rings (SSSR count). The van der Waals surface area contributed by atoms with E-state index in [1.807, 2.05) is 0 Å². The number of hydrogen-bond donors (Lipinski definition) is 3. The van der Waals surface area contributed by atoms with Gasteiger partial charge < -0.3 is 19.5 Å². The van der Waals surface area contributed by atoms with Gasteiger partial charge in [0.05, 0.1) is 18.6 Å². The fraction of sp³-hybridized carbons (Fsp3) is 0.364. The van der Waals surface area contributed by atoms with Gasteiger partial charge in [0.25, 0.3) is 0 Å². The molecule has 124 valence electrons. The summed E-state index contributed by atoms with van der Waals surface area (Å²) in [4.78, 5) is 11.4. The molecule has 3 N–H and O–H groups in total. The molecule has 22 heavy (non-hydrogen) atoms. The van der Waals surface area contributed by atoms with Gasteiger partial charge in [0, 0.05) is 6.07 Å². The first kappa shape index (κ1) is 18.2. The molecule has 0 amide bonds. The Labute approximate surface area is 123 Å². The topological polar surface area (TPSA) is 104 Å². The van der Waals surface area contributed by atoms with Crippen LogP contribution >= 0.6 is 0 Å². The monoisotopic (exact) mass is 346 g/mol. The minimum atomic E-state index is -5.19. The normalized spacial score (nSPS) is 13.7. The molecule has 0 aliphatic rings. The van der Waals surface area contributed by atoms with Crippen molar-refractivity contribution in [3.63, 3.8) is 0 Å². The molecule has 0 heterocycles. The van der Waals surface area contributed by atoms with Crippen LogP contribution in [0.3, 0.4) is 0 Å². The summed E-state index contributed by atoms with van der Waals surface area (Å²) < 4.78 is 74.3. The third-order valence-electron chi connectivity index (χ3n) is 2.43. The summed E-state index contributed by atoms with van der Waals surface area (Å²) in [6.45, 7) is -1.17. The number of carbonyl (C=O) groups is 1. The number of esters is 1. The number of alkyl halides is 4. The Morgan fingerprint density at radius 1 is 1.14 bits per heavy atom. The van der Waals surface area contributed by atoms with Crippen molar-refractivity contribution in [3.8, 4) is 11.5 Å². The van der Waals surface area contributed by atoms with Gasteiger partial charge in [-0.05, 0) is 12.1 Å². The van der Waals surface area contributed by atoms with E-state index < -0.39 is 58.3 Å². The van der Waals surface area contributed by atoms with Crippen LogP contribution in [-0.4, -0.2) is 42.7 Å². The predicted molar refractivity (Wildman–Crippen MR) is 65.3 cm³/mol. The minimum absolute atomic E-state index is 0.390. The standard InChI is InChI=1S/C11H10F4O6S/c12-10(13,11(14,15)22(19)20)1-2-21-9(18)6-3-7(16)5-8(17)4-6/h3-5,16-17H,1-2H2,(H,19,20). The van der Waals surface area contributed by atoms with E-state index in [1.54, 1.807) is 0 Å². The van der Waals surface area contributed by atoms with E-state index in [0.29, 0.717) is 0 Å². The number of phenolic OH excluding ortho intramolecular Hbond substituents is 2. The molecule has 0 aromatic heterocycles. The number of carbonyl (C=O) groups excluding carboxylic acids is 1. The SMILES string of the molecule is O=C(OCCC(F)(F)C(F)(F)S(=O)O)c1cc(O)cc(O)c1. The number of aromatic hydroxyl groups is 2. The molecule has 1 aromatic rings. The Balaban J connectivity index is 2.67. The fourth-order valence-electron chi connectivity index (χ4n) is 1.34. The molecule has 0 bridgehead atoms. The van der Waals surface area contributed by atoms with E-state index in [4.69, 9.17) is 14.8 Å². The van der Waals surface area contributed by atoms with Crippen molar-refractivity contribution in [3.05, 3.63) is 23.8 Å². The second-order valence-corrected chi connectivity index (χ2v) is 5.11. The molecule has 1 aromatic carbocycles. The molecule has 0 aliphatic heterocycles. The molecule has 11 heteroatoms. The average Bonchev–Trinajstić information content (AvgIpc) is 2.36. The highest BCUT2D eigenvalue weighted by atomic mass is 32.2. The number of rotatable bonds is 6. The van der Waals surface area contributed by atoms with Gasteiger partial charge in [-0.1, -0.05) is 0 Å². The lowest BCUT2D eigenvalue weighted by atomic mass is 10.2. The quantitative estimate of drug-likeness (QED) is 0.414. The van der Waals surface area contributed by atoms with Gasteiger partial charge in [0.1, 0.15) is 11.5 Å². The van der Waals surface area contributed by atoms with E-state index in [-0.39, 0.29) is 0 Å². The van der Waals surface area contributed by atoms with Crippen LogP contribution in [0, 0.1) is 0 Å². The second kappa shape index (κ2) is 6.48. The maximum absolute atomic E-state index is 13.1. The lowest BCUT2D eigenvalue weighted by molar-refractivity contribution is -0.165. The first-order chi connectivity index (χ1) is 9.97. The molecule has 0 radical (unpaired) electrons. The first-order valence-electron chi connectivity index (χ1n) is 5.54. The van der Waals surface area contributed by atoms with Crippen LogP contribution in [0.2, 0.25) is 0 Å². The van der Waals surface area contributed by atoms with Crippen LogP contribution in [0.15, 0.2) is 18.2 Å². The predicted octanol–water partition coefficient (Wildman–Crippen LogP) is 2.09. The smallest absolute Gasteiger partial charge is 0.406 e. The largest absolute Gasteiger partial charge is 0.508 e. The second-order valence-electron chi connectivity index (χ2n) is 4.09. The highest BCUT2D eigenvalue weighted by molar-refractivity contribution is 7.80. The van der Waals surface area contributed by atoms with Gasteiger partial charge in [-0.3, -0.25) is 0 Å². The zero-order valence-corrected chi connectivity index (χ0v) is 11.4. The fourth-order valence-corrected chi connectivity index (χ4v) is 1.70. The van der Waals surface area contributed by atoms with Gasteiger partial charge in [-0.2, -0.15) is 17.6 Å². The van der Waals surface area contributed by atoms with E-state index in [2.05, 4.69) is 4.74 Å². The Morgan fingerprint density at radius 2 is 1.64 bits per heavy atom. The van der Waals surface area contributed by atoms with Crippen molar-refractivity contribution in [1.29, 1.82) is 0 Å². The zero-order chi connectivity index (χ0) is 17.1. The van der Waals surface area contributed by atoms with Gasteiger partial charge in [0.2, 0.25) is 11.1 Å². The summed E-state index contributed by atoms with van der Waals surface area (Å²) in [6.07, 6.45) is -1.69. The van der Waals surface area contributed by atoms with Crippen molar-refractivity contribution >= 4 is 17.0 Å². The number of halogens is 4. The summed E-state index contributed by atoms with van der Waals surface area (Å²) in [6, 6.07) is 2.61. The van der Waals surface area contributed by atoms with Crippen LogP contribution < -0.4 is 0 Å². The highest BCUT2D eigenvalue weighted by Gasteiger charge is 2.60. The third-order valence-corrected chi connectivity index (χ3v) is 3.17. The first-order valence-corrected chi connectivity index (χ1v) is 6.65. The molecule has 0 fully saturated rings. The molecule has 0 saturated heterocycles. The zero-order valence-electron chi connectivity index (χ0n) is 10.6. The molecule has 0 saturated carbocycles.